The number of aliphatic hydroxyl groups is 1. The average Bonchev–Trinajstić information content (AvgIpc) is 2.86. The Labute approximate surface area is 113 Å². The Morgan fingerprint density at radius 1 is 1.53 bits per heavy atom. The third-order valence-corrected chi connectivity index (χ3v) is 4.27. The van der Waals surface area contributed by atoms with Gasteiger partial charge < -0.3 is 5.11 Å². The van der Waals surface area contributed by atoms with E-state index in [1.165, 1.54) is 4.88 Å². The summed E-state index contributed by atoms with van der Waals surface area (Å²) in [5, 5.41) is 16.4. The first-order valence-electron chi connectivity index (χ1n) is 5.51. The first kappa shape index (κ1) is 12.8. The molecule has 2 aromatic rings. The number of thiophene rings is 1. The summed E-state index contributed by atoms with van der Waals surface area (Å²) in [4.78, 5) is 1.17. The minimum atomic E-state index is -0.479. The van der Waals surface area contributed by atoms with Crippen LogP contribution in [0.3, 0.4) is 0 Å². The quantitative estimate of drug-likeness (QED) is 0.937. The fourth-order valence-corrected chi connectivity index (χ4v) is 3.07. The van der Waals surface area contributed by atoms with Gasteiger partial charge in [0.1, 0.15) is 0 Å². The number of rotatable bonds is 4. The third kappa shape index (κ3) is 3.18. The van der Waals surface area contributed by atoms with E-state index in [9.17, 15) is 5.11 Å². The molecule has 0 amide bonds. The van der Waals surface area contributed by atoms with Gasteiger partial charge in [-0.3, -0.25) is 4.68 Å². The van der Waals surface area contributed by atoms with Crippen molar-refractivity contribution in [3.63, 3.8) is 0 Å². The number of aliphatic hydroxyl groups excluding tert-OH is 1. The highest BCUT2D eigenvalue weighted by Gasteiger charge is 2.13. The molecule has 0 radical (unpaired) electrons. The van der Waals surface area contributed by atoms with E-state index in [4.69, 9.17) is 0 Å². The van der Waals surface area contributed by atoms with E-state index >= 15 is 0 Å². The largest absolute Gasteiger partial charge is 0.388 e. The van der Waals surface area contributed by atoms with Gasteiger partial charge in [-0.15, -0.1) is 11.3 Å². The number of hydrogen-bond donors (Lipinski definition) is 1. The minimum absolute atomic E-state index is 0.326. The van der Waals surface area contributed by atoms with Crippen LogP contribution in [0.25, 0.3) is 0 Å². The maximum atomic E-state index is 10.1. The van der Waals surface area contributed by atoms with Crippen molar-refractivity contribution in [1.29, 1.82) is 0 Å². The summed E-state index contributed by atoms with van der Waals surface area (Å²) in [6, 6.07) is 2.37. The first-order valence-corrected chi connectivity index (χ1v) is 7.18. The van der Waals surface area contributed by atoms with E-state index in [1.54, 1.807) is 17.5 Å². The highest BCUT2D eigenvalue weighted by molar-refractivity contribution is 9.10. The van der Waals surface area contributed by atoms with E-state index < -0.39 is 6.10 Å². The summed E-state index contributed by atoms with van der Waals surface area (Å²) in [5.74, 6) is 0. The molecule has 0 saturated heterocycles. The number of hydrogen-bond acceptors (Lipinski definition) is 3. The monoisotopic (exact) mass is 314 g/mol. The Morgan fingerprint density at radius 2 is 2.29 bits per heavy atom. The lowest BCUT2D eigenvalue weighted by molar-refractivity contribution is 0.179. The molecule has 0 aromatic carbocycles. The molecule has 1 atom stereocenters. The molecule has 2 aromatic heterocycles. The molecule has 1 unspecified atom stereocenters. The normalized spacial score (nSPS) is 13.2. The van der Waals surface area contributed by atoms with E-state index in [1.807, 2.05) is 22.3 Å². The van der Waals surface area contributed by atoms with Crippen LogP contribution in [0, 0.1) is 0 Å². The highest BCUT2D eigenvalue weighted by Crippen LogP contribution is 2.25. The van der Waals surface area contributed by atoms with Crippen LogP contribution in [0.15, 0.2) is 28.3 Å². The van der Waals surface area contributed by atoms with Gasteiger partial charge in [0.25, 0.3) is 0 Å². The van der Waals surface area contributed by atoms with Crippen molar-refractivity contribution in [2.24, 2.45) is 0 Å². The second-order valence-electron chi connectivity index (χ2n) is 4.30. The first-order chi connectivity index (χ1) is 8.06. The molecular weight excluding hydrogens is 300 g/mol. The fraction of sp³-hybridized carbons (Fsp3) is 0.417. The summed E-state index contributed by atoms with van der Waals surface area (Å²) >= 11 is 5.07. The molecular formula is C12H15BrN2OS. The molecule has 0 aliphatic carbocycles. The second kappa shape index (κ2) is 5.33. The van der Waals surface area contributed by atoms with E-state index in [2.05, 4.69) is 34.9 Å². The van der Waals surface area contributed by atoms with Crippen molar-refractivity contribution in [3.8, 4) is 0 Å². The zero-order chi connectivity index (χ0) is 12.4. The second-order valence-corrected chi connectivity index (χ2v) is 6.21. The molecule has 0 bridgehead atoms. The minimum Gasteiger partial charge on any atom is -0.388 e. The molecule has 3 nitrogen and oxygen atoms in total. The number of aromatic nitrogens is 2. The summed E-state index contributed by atoms with van der Waals surface area (Å²) in [6.45, 7) is 4.14. The van der Waals surface area contributed by atoms with Crippen LogP contribution >= 0.6 is 27.3 Å². The predicted octanol–water partition coefficient (Wildman–Crippen LogP) is 3.56. The summed E-state index contributed by atoms with van der Waals surface area (Å²) in [5.41, 5.74) is 0.878. The maximum Gasteiger partial charge on any atom is 0.0868 e. The van der Waals surface area contributed by atoms with Crippen molar-refractivity contribution < 1.29 is 5.11 Å². The smallest absolute Gasteiger partial charge is 0.0868 e. The van der Waals surface area contributed by atoms with Crippen LogP contribution < -0.4 is 0 Å². The van der Waals surface area contributed by atoms with Gasteiger partial charge in [-0.1, -0.05) is 0 Å². The van der Waals surface area contributed by atoms with Gasteiger partial charge in [0, 0.05) is 39.0 Å². The lowest BCUT2D eigenvalue weighted by Gasteiger charge is -2.07. The Bertz CT molecular complexity index is 492. The van der Waals surface area contributed by atoms with Crippen molar-refractivity contribution in [2.75, 3.05) is 0 Å². The number of halogens is 1. The van der Waals surface area contributed by atoms with Gasteiger partial charge in [-0.25, -0.2) is 0 Å². The Hall–Kier alpha value is -0.650. The molecule has 2 heterocycles. The lowest BCUT2D eigenvalue weighted by atomic mass is 10.1. The molecule has 0 spiro atoms. The molecule has 2 rings (SSSR count). The van der Waals surface area contributed by atoms with Gasteiger partial charge in [0.2, 0.25) is 0 Å². The van der Waals surface area contributed by atoms with Crippen molar-refractivity contribution in [2.45, 2.75) is 32.4 Å². The predicted molar refractivity (Wildman–Crippen MR) is 73.3 cm³/mol. The Kier molecular flexibility index (Phi) is 4.01. The topological polar surface area (TPSA) is 38.0 Å². The summed E-state index contributed by atoms with van der Waals surface area (Å²) in [7, 11) is 0. The van der Waals surface area contributed by atoms with Crippen LogP contribution in [0.2, 0.25) is 0 Å². The van der Waals surface area contributed by atoms with E-state index in [0.29, 0.717) is 12.5 Å². The molecule has 0 aliphatic heterocycles. The molecule has 5 heteroatoms. The summed E-state index contributed by atoms with van der Waals surface area (Å²) in [6.07, 6.45) is 3.82. The van der Waals surface area contributed by atoms with Crippen LogP contribution in [-0.2, 0) is 6.42 Å². The SMILES string of the molecule is CC(C)n1cc(C(O)Cc2cc(Br)cs2)cn1. The van der Waals surface area contributed by atoms with Gasteiger partial charge >= 0.3 is 0 Å². The Balaban J connectivity index is 2.06. The average molecular weight is 315 g/mol. The van der Waals surface area contributed by atoms with Crippen LogP contribution in [0.5, 0.6) is 0 Å². The Morgan fingerprint density at radius 3 is 2.82 bits per heavy atom. The van der Waals surface area contributed by atoms with E-state index in [-0.39, 0.29) is 0 Å². The zero-order valence-electron chi connectivity index (χ0n) is 9.80. The zero-order valence-corrected chi connectivity index (χ0v) is 12.2. The van der Waals surface area contributed by atoms with Gasteiger partial charge in [-0.05, 0) is 35.8 Å². The lowest BCUT2D eigenvalue weighted by Crippen LogP contribution is -2.01. The molecule has 0 saturated carbocycles. The standard InChI is InChI=1S/C12H15BrN2OS/c1-8(2)15-6-9(5-14-15)12(16)4-11-3-10(13)7-17-11/h3,5-8,12,16H,4H2,1-2H3. The van der Waals surface area contributed by atoms with Gasteiger partial charge in [-0.2, -0.15) is 5.10 Å². The van der Waals surface area contributed by atoms with Crippen LogP contribution in [0.4, 0.5) is 0 Å². The molecule has 0 aliphatic rings. The molecule has 0 fully saturated rings. The van der Waals surface area contributed by atoms with Crippen molar-refractivity contribution >= 4 is 27.3 Å². The molecule has 92 valence electrons. The summed E-state index contributed by atoms with van der Waals surface area (Å²) < 4.78 is 2.94. The molecule has 17 heavy (non-hydrogen) atoms. The van der Waals surface area contributed by atoms with E-state index in [0.717, 1.165) is 10.0 Å². The highest BCUT2D eigenvalue weighted by atomic mass is 79.9. The van der Waals surface area contributed by atoms with Crippen LogP contribution in [-0.4, -0.2) is 14.9 Å². The van der Waals surface area contributed by atoms with Crippen LogP contribution in [0.1, 0.15) is 36.4 Å². The van der Waals surface area contributed by atoms with Gasteiger partial charge in [0.15, 0.2) is 0 Å². The van der Waals surface area contributed by atoms with Crippen molar-refractivity contribution in [3.05, 3.63) is 38.8 Å². The third-order valence-electron chi connectivity index (χ3n) is 2.55. The van der Waals surface area contributed by atoms with Crippen molar-refractivity contribution in [1.82, 2.24) is 9.78 Å². The molecule has 1 N–H and O–H groups in total. The maximum absolute atomic E-state index is 10.1. The van der Waals surface area contributed by atoms with Gasteiger partial charge in [0.05, 0.1) is 12.3 Å². The fourth-order valence-electron chi connectivity index (χ4n) is 1.58. The number of nitrogens with zero attached hydrogens (tertiary/aromatic N) is 2.